The molecule has 0 spiro atoms. The number of nitrogens with zero attached hydrogens (tertiary/aromatic N) is 1. The fourth-order valence-electron chi connectivity index (χ4n) is 2.39. The Morgan fingerprint density at radius 1 is 1.38 bits per heavy atom. The third kappa shape index (κ3) is 4.97. The van der Waals surface area contributed by atoms with Gasteiger partial charge in [-0.25, -0.2) is 0 Å². The van der Waals surface area contributed by atoms with Gasteiger partial charge in [0, 0.05) is 11.6 Å². The number of carbonyl (C=O) groups excluding carboxylic acids is 1. The molecule has 0 aliphatic heterocycles. The van der Waals surface area contributed by atoms with Crippen LogP contribution >= 0.6 is 22.9 Å². The number of aryl methyl sites for hydroxylation is 1. The van der Waals surface area contributed by atoms with Crippen LogP contribution < -0.4 is 10.1 Å². The predicted molar refractivity (Wildman–Crippen MR) is 100 cm³/mol. The van der Waals surface area contributed by atoms with Crippen molar-refractivity contribution in [1.29, 1.82) is 0 Å². The molecule has 0 saturated heterocycles. The zero-order valence-corrected chi connectivity index (χ0v) is 15.9. The topological polar surface area (TPSA) is 41.6 Å². The second-order valence-corrected chi connectivity index (χ2v) is 7.17. The molecule has 2 unspecified atom stereocenters. The number of likely N-dealkylation sites (N-methyl/N-ethyl adjacent to an activating group) is 1. The number of ether oxygens (including phenoxy) is 1. The minimum absolute atomic E-state index is 0.133. The van der Waals surface area contributed by atoms with Crippen LogP contribution in [0.4, 0.5) is 0 Å². The maximum absolute atomic E-state index is 12.3. The Morgan fingerprint density at radius 3 is 2.71 bits per heavy atom. The molecule has 1 aromatic heterocycles. The molecule has 2 rings (SSSR count). The Kier molecular flexibility index (Phi) is 6.66. The zero-order chi connectivity index (χ0) is 17.7. The normalized spacial score (nSPS) is 13.6. The molecular formula is C18H23ClN2O2S. The number of carbonyl (C=O) groups is 1. The van der Waals surface area contributed by atoms with Crippen LogP contribution in [0.2, 0.25) is 5.02 Å². The summed E-state index contributed by atoms with van der Waals surface area (Å²) in [4.78, 5) is 14.4. The fourth-order valence-corrected chi connectivity index (χ4v) is 3.33. The smallest absolute Gasteiger partial charge is 0.260 e. The molecule has 130 valence electrons. The van der Waals surface area contributed by atoms with Gasteiger partial charge >= 0.3 is 0 Å². The lowest BCUT2D eigenvalue weighted by Crippen LogP contribution is -2.40. The Morgan fingerprint density at radius 2 is 2.12 bits per heavy atom. The molecule has 4 nitrogen and oxygen atoms in total. The summed E-state index contributed by atoms with van der Waals surface area (Å²) in [7, 11) is 4.01. The molecule has 2 atom stereocenters. The second kappa shape index (κ2) is 8.51. The minimum Gasteiger partial charge on any atom is -0.481 e. The number of thiophene rings is 1. The number of hydrogen-bond donors (Lipinski definition) is 1. The van der Waals surface area contributed by atoms with E-state index in [1.807, 2.05) is 32.5 Å². The van der Waals surface area contributed by atoms with Gasteiger partial charge in [0.1, 0.15) is 5.75 Å². The summed E-state index contributed by atoms with van der Waals surface area (Å²) in [6.07, 6.45) is -0.574. The van der Waals surface area contributed by atoms with Crippen LogP contribution in [0.3, 0.4) is 0 Å². The molecule has 1 aromatic carbocycles. The number of hydrogen-bond acceptors (Lipinski definition) is 4. The predicted octanol–water partition coefficient (Wildman–Crippen LogP) is 3.90. The van der Waals surface area contributed by atoms with E-state index >= 15 is 0 Å². The molecule has 1 heterocycles. The van der Waals surface area contributed by atoms with Crippen molar-refractivity contribution in [3.8, 4) is 5.75 Å². The number of rotatable bonds is 7. The van der Waals surface area contributed by atoms with E-state index in [4.69, 9.17) is 16.3 Å². The summed E-state index contributed by atoms with van der Waals surface area (Å²) in [5.41, 5.74) is 2.11. The van der Waals surface area contributed by atoms with E-state index in [-0.39, 0.29) is 11.9 Å². The number of amides is 1. The molecule has 24 heavy (non-hydrogen) atoms. The van der Waals surface area contributed by atoms with Gasteiger partial charge in [-0.2, -0.15) is 11.3 Å². The van der Waals surface area contributed by atoms with Crippen LogP contribution in [0.1, 0.15) is 24.1 Å². The van der Waals surface area contributed by atoms with Crippen LogP contribution in [-0.2, 0) is 4.79 Å². The zero-order valence-electron chi connectivity index (χ0n) is 14.4. The van der Waals surface area contributed by atoms with Gasteiger partial charge in [-0.3, -0.25) is 4.79 Å². The number of benzene rings is 1. The largest absolute Gasteiger partial charge is 0.481 e. The summed E-state index contributed by atoms with van der Waals surface area (Å²) in [6.45, 7) is 4.19. The van der Waals surface area contributed by atoms with Gasteiger partial charge in [0.15, 0.2) is 6.10 Å². The lowest BCUT2D eigenvalue weighted by molar-refractivity contribution is -0.127. The van der Waals surface area contributed by atoms with Crippen molar-refractivity contribution in [1.82, 2.24) is 10.2 Å². The van der Waals surface area contributed by atoms with Crippen molar-refractivity contribution in [3.05, 3.63) is 51.2 Å². The van der Waals surface area contributed by atoms with E-state index in [1.54, 1.807) is 30.4 Å². The maximum atomic E-state index is 12.3. The summed E-state index contributed by atoms with van der Waals surface area (Å²) in [5, 5.41) is 7.78. The van der Waals surface area contributed by atoms with Crippen LogP contribution in [0.25, 0.3) is 0 Å². The molecule has 6 heteroatoms. The summed E-state index contributed by atoms with van der Waals surface area (Å²) in [6, 6.07) is 7.59. The first-order valence-electron chi connectivity index (χ1n) is 7.77. The summed E-state index contributed by atoms with van der Waals surface area (Å²) < 4.78 is 5.76. The SMILES string of the molecule is Cc1cc(Cl)ccc1OC(C)C(=O)NCC(c1ccsc1)N(C)C. The first-order chi connectivity index (χ1) is 11.4. The lowest BCUT2D eigenvalue weighted by Gasteiger charge is -2.25. The summed E-state index contributed by atoms with van der Waals surface area (Å²) >= 11 is 7.60. The van der Waals surface area contributed by atoms with Crippen molar-refractivity contribution in [2.45, 2.75) is 26.0 Å². The van der Waals surface area contributed by atoms with Crippen molar-refractivity contribution in [3.63, 3.8) is 0 Å². The van der Waals surface area contributed by atoms with Gasteiger partial charge in [0.2, 0.25) is 0 Å². The molecule has 0 aliphatic carbocycles. The molecule has 1 amide bonds. The first kappa shape index (κ1) is 18.8. The van der Waals surface area contributed by atoms with Crippen LogP contribution in [0.15, 0.2) is 35.0 Å². The lowest BCUT2D eigenvalue weighted by atomic mass is 10.1. The Labute approximate surface area is 152 Å². The standard InChI is InChI=1S/C18H23ClN2O2S/c1-12-9-15(19)5-6-17(12)23-13(2)18(22)20-10-16(21(3)4)14-7-8-24-11-14/h5-9,11,13,16H,10H2,1-4H3,(H,20,22). The highest BCUT2D eigenvalue weighted by Crippen LogP contribution is 2.23. The van der Waals surface area contributed by atoms with Crippen molar-refractivity contribution in [2.24, 2.45) is 0 Å². The van der Waals surface area contributed by atoms with E-state index in [9.17, 15) is 4.79 Å². The maximum Gasteiger partial charge on any atom is 0.260 e. The molecule has 0 bridgehead atoms. The molecule has 0 fully saturated rings. The average Bonchev–Trinajstić information content (AvgIpc) is 3.03. The Bertz CT molecular complexity index is 674. The second-order valence-electron chi connectivity index (χ2n) is 5.95. The van der Waals surface area contributed by atoms with E-state index in [2.05, 4.69) is 21.7 Å². The minimum atomic E-state index is -0.574. The van der Waals surface area contributed by atoms with Gasteiger partial charge in [-0.05, 0) is 74.1 Å². The third-order valence-electron chi connectivity index (χ3n) is 3.83. The number of halogens is 1. The Hall–Kier alpha value is -1.56. The van der Waals surface area contributed by atoms with Crippen LogP contribution in [0.5, 0.6) is 5.75 Å². The third-order valence-corrected chi connectivity index (χ3v) is 4.77. The molecule has 0 saturated carbocycles. The van der Waals surface area contributed by atoms with Crippen LogP contribution in [-0.4, -0.2) is 37.6 Å². The van der Waals surface area contributed by atoms with E-state index in [0.717, 1.165) is 5.56 Å². The van der Waals surface area contributed by atoms with E-state index < -0.39 is 6.10 Å². The fraction of sp³-hybridized carbons (Fsp3) is 0.389. The van der Waals surface area contributed by atoms with Gasteiger partial charge in [-0.15, -0.1) is 0 Å². The highest BCUT2D eigenvalue weighted by Gasteiger charge is 2.19. The molecule has 0 aliphatic rings. The van der Waals surface area contributed by atoms with Gasteiger partial charge in [0.05, 0.1) is 6.04 Å². The molecular weight excluding hydrogens is 344 g/mol. The molecule has 1 N–H and O–H groups in total. The highest BCUT2D eigenvalue weighted by atomic mass is 35.5. The average molecular weight is 367 g/mol. The monoisotopic (exact) mass is 366 g/mol. The quantitative estimate of drug-likeness (QED) is 0.808. The van der Waals surface area contributed by atoms with Crippen LogP contribution in [0, 0.1) is 6.92 Å². The summed E-state index contributed by atoms with van der Waals surface area (Å²) in [5.74, 6) is 0.537. The van der Waals surface area contributed by atoms with E-state index in [0.29, 0.717) is 17.3 Å². The Balaban J connectivity index is 1.93. The highest BCUT2D eigenvalue weighted by molar-refractivity contribution is 7.07. The van der Waals surface area contributed by atoms with E-state index in [1.165, 1.54) is 5.56 Å². The first-order valence-corrected chi connectivity index (χ1v) is 9.09. The van der Waals surface area contributed by atoms with Gasteiger partial charge in [-0.1, -0.05) is 11.6 Å². The van der Waals surface area contributed by atoms with Gasteiger partial charge < -0.3 is 15.0 Å². The van der Waals surface area contributed by atoms with Gasteiger partial charge in [0.25, 0.3) is 5.91 Å². The number of nitrogens with one attached hydrogen (secondary N) is 1. The molecule has 0 radical (unpaired) electrons. The van der Waals surface area contributed by atoms with Crippen molar-refractivity contribution in [2.75, 3.05) is 20.6 Å². The van der Waals surface area contributed by atoms with Crippen molar-refractivity contribution >= 4 is 28.8 Å². The molecule has 2 aromatic rings. The van der Waals surface area contributed by atoms with Crippen molar-refractivity contribution < 1.29 is 9.53 Å².